The summed E-state index contributed by atoms with van der Waals surface area (Å²) >= 11 is 0. The summed E-state index contributed by atoms with van der Waals surface area (Å²) < 4.78 is 5.29. The van der Waals surface area contributed by atoms with E-state index in [1.165, 1.54) is 0 Å². The first kappa shape index (κ1) is 11.5. The highest BCUT2D eigenvalue weighted by Gasteiger charge is 2.04. The van der Waals surface area contributed by atoms with Gasteiger partial charge in [0.15, 0.2) is 0 Å². The molecule has 0 amide bonds. The number of nitrogens with one attached hydrogen (secondary N) is 1. The van der Waals surface area contributed by atoms with Gasteiger partial charge in [-0.15, -0.1) is 12.3 Å². The Morgan fingerprint density at radius 3 is 2.75 bits per heavy atom. The molecule has 0 aliphatic rings. The maximum atomic E-state index is 5.29. The van der Waals surface area contributed by atoms with Crippen LogP contribution in [0.1, 0.15) is 26.7 Å². The molecule has 0 spiro atoms. The lowest BCUT2D eigenvalue weighted by atomic mass is 10.2. The second kappa shape index (κ2) is 8.58. The summed E-state index contributed by atoms with van der Waals surface area (Å²) in [7, 11) is 0. The van der Waals surface area contributed by atoms with E-state index < -0.39 is 0 Å². The predicted molar refractivity (Wildman–Crippen MR) is 52.0 cm³/mol. The molecule has 70 valence electrons. The maximum absolute atomic E-state index is 5.29. The third kappa shape index (κ3) is 6.21. The van der Waals surface area contributed by atoms with Crippen molar-refractivity contribution in [3.63, 3.8) is 0 Å². The zero-order valence-electron chi connectivity index (χ0n) is 8.10. The largest absolute Gasteiger partial charge is 0.380 e. The van der Waals surface area contributed by atoms with Crippen LogP contribution in [0.25, 0.3) is 0 Å². The van der Waals surface area contributed by atoms with Crippen LogP contribution in [0.4, 0.5) is 0 Å². The molecule has 0 bridgehead atoms. The van der Waals surface area contributed by atoms with Gasteiger partial charge in [-0.3, -0.25) is 0 Å². The van der Waals surface area contributed by atoms with Crippen molar-refractivity contribution in [2.75, 3.05) is 19.8 Å². The molecule has 0 rings (SSSR count). The van der Waals surface area contributed by atoms with Crippen molar-refractivity contribution in [2.24, 2.45) is 0 Å². The fourth-order valence-corrected chi connectivity index (χ4v) is 0.941. The van der Waals surface area contributed by atoms with Gasteiger partial charge in [-0.1, -0.05) is 6.92 Å². The van der Waals surface area contributed by atoms with Crippen molar-refractivity contribution in [1.29, 1.82) is 0 Å². The van der Waals surface area contributed by atoms with Crippen LogP contribution < -0.4 is 5.32 Å². The summed E-state index contributed by atoms with van der Waals surface area (Å²) in [5.41, 5.74) is 0. The fourth-order valence-electron chi connectivity index (χ4n) is 0.941. The molecule has 0 aliphatic carbocycles. The molecule has 12 heavy (non-hydrogen) atoms. The molecule has 0 aromatic rings. The molecule has 1 N–H and O–H groups in total. The summed E-state index contributed by atoms with van der Waals surface area (Å²) in [6, 6.07) is 0.329. The van der Waals surface area contributed by atoms with Crippen molar-refractivity contribution in [1.82, 2.24) is 5.32 Å². The molecule has 0 saturated heterocycles. The van der Waals surface area contributed by atoms with Gasteiger partial charge in [-0.05, 0) is 19.9 Å². The molecule has 0 aliphatic heterocycles. The van der Waals surface area contributed by atoms with Crippen LogP contribution in [0.2, 0.25) is 0 Å². The minimum atomic E-state index is 0.329. The van der Waals surface area contributed by atoms with Crippen molar-refractivity contribution in [2.45, 2.75) is 32.7 Å². The van der Waals surface area contributed by atoms with Crippen LogP contribution in [0.15, 0.2) is 0 Å². The Hall–Kier alpha value is -0.520. The van der Waals surface area contributed by atoms with Gasteiger partial charge in [0.05, 0.1) is 6.61 Å². The van der Waals surface area contributed by atoms with E-state index in [2.05, 4.69) is 18.2 Å². The number of rotatable bonds is 7. The van der Waals surface area contributed by atoms with Gasteiger partial charge >= 0.3 is 0 Å². The summed E-state index contributed by atoms with van der Waals surface area (Å²) in [6.07, 6.45) is 7.11. The van der Waals surface area contributed by atoms with Crippen molar-refractivity contribution in [3.05, 3.63) is 0 Å². The Kier molecular flexibility index (Phi) is 8.20. The van der Waals surface area contributed by atoms with Crippen LogP contribution in [-0.2, 0) is 4.74 Å². The molecule has 0 fully saturated rings. The molecule has 0 radical (unpaired) electrons. The Balaban J connectivity index is 3.48. The fraction of sp³-hybridized carbons (Fsp3) is 0.800. The maximum Gasteiger partial charge on any atom is 0.0628 e. The average Bonchev–Trinajstić information content (AvgIpc) is 2.10. The topological polar surface area (TPSA) is 21.3 Å². The number of hydrogen-bond acceptors (Lipinski definition) is 2. The molecule has 0 aromatic carbocycles. The monoisotopic (exact) mass is 169 g/mol. The molecular formula is C10H19NO. The van der Waals surface area contributed by atoms with Crippen LogP contribution >= 0.6 is 0 Å². The lowest BCUT2D eigenvalue weighted by molar-refractivity contribution is 0.124. The Bertz CT molecular complexity index is 120. The normalized spacial score (nSPS) is 12.4. The van der Waals surface area contributed by atoms with Crippen LogP contribution in [-0.4, -0.2) is 25.8 Å². The van der Waals surface area contributed by atoms with E-state index in [1.54, 1.807) is 0 Å². The molecule has 2 nitrogen and oxygen atoms in total. The van der Waals surface area contributed by atoms with Gasteiger partial charge in [0.1, 0.15) is 0 Å². The summed E-state index contributed by atoms with van der Waals surface area (Å²) in [6.45, 7) is 6.63. The number of terminal acetylenes is 1. The molecule has 1 atom stereocenters. The molecule has 0 saturated carbocycles. The van der Waals surface area contributed by atoms with E-state index in [-0.39, 0.29) is 0 Å². The molecule has 0 heterocycles. The Labute approximate surface area is 75.7 Å². The van der Waals surface area contributed by atoms with Gasteiger partial charge in [-0.2, -0.15) is 0 Å². The van der Waals surface area contributed by atoms with E-state index in [4.69, 9.17) is 11.2 Å². The third-order valence-corrected chi connectivity index (χ3v) is 1.57. The van der Waals surface area contributed by atoms with E-state index in [9.17, 15) is 0 Å². The van der Waals surface area contributed by atoms with E-state index in [0.717, 1.165) is 32.6 Å². The lowest BCUT2D eigenvalue weighted by Gasteiger charge is -2.15. The minimum absolute atomic E-state index is 0.329. The SMILES string of the molecule is C#CCC(COCC)NCCC. The molecule has 0 aromatic heterocycles. The zero-order valence-corrected chi connectivity index (χ0v) is 8.10. The highest BCUT2D eigenvalue weighted by atomic mass is 16.5. The summed E-state index contributed by atoms with van der Waals surface area (Å²) in [5.74, 6) is 2.64. The molecule has 2 heteroatoms. The first-order valence-electron chi connectivity index (χ1n) is 4.59. The quantitative estimate of drug-likeness (QED) is 0.582. The highest BCUT2D eigenvalue weighted by molar-refractivity contribution is 4.89. The predicted octanol–water partition coefficient (Wildman–Crippen LogP) is 1.41. The van der Waals surface area contributed by atoms with Crippen molar-refractivity contribution in [3.8, 4) is 12.3 Å². The van der Waals surface area contributed by atoms with Crippen molar-refractivity contribution >= 4 is 0 Å². The average molecular weight is 169 g/mol. The Morgan fingerprint density at radius 2 is 2.25 bits per heavy atom. The third-order valence-electron chi connectivity index (χ3n) is 1.57. The summed E-state index contributed by atoms with van der Waals surface area (Å²) in [5, 5.41) is 3.34. The Morgan fingerprint density at radius 1 is 1.50 bits per heavy atom. The summed E-state index contributed by atoms with van der Waals surface area (Å²) in [4.78, 5) is 0. The molecular weight excluding hydrogens is 150 g/mol. The van der Waals surface area contributed by atoms with E-state index in [0.29, 0.717) is 6.04 Å². The van der Waals surface area contributed by atoms with E-state index in [1.807, 2.05) is 6.92 Å². The zero-order chi connectivity index (χ0) is 9.23. The lowest BCUT2D eigenvalue weighted by Crippen LogP contribution is -2.33. The van der Waals surface area contributed by atoms with Gasteiger partial charge in [-0.25, -0.2) is 0 Å². The van der Waals surface area contributed by atoms with Gasteiger partial charge in [0.2, 0.25) is 0 Å². The first-order valence-corrected chi connectivity index (χ1v) is 4.59. The number of hydrogen-bond donors (Lipinski definition) is 1. The first-order chi connectivity index (χ1) is 5.85. The smallest absolute Gasteiger partial charge is 0.0628 e. The highest BCUT2D eigenvalue weighted by Crippen LogP contribution is 1.92. The number of ether oxygens (including phenoxy) is 1. The standard InChI is InChI=1S/C10H19NO/c1-4-7-10(9-12-6-3)11-8-5-2/h1,10-11H,5-9H2,2-3H3. The van der Waals surface area contributed by atoms with Gasteiger partial charge in [0, 0.05) is 19.1 Å². The van der Waals surface area contributed by atoms with Gasteiger partial charge in [0.25, 0.3) is 0 Å². The second-order valence-corrected chi connectivity index (χ2v) is 2.72. The van der Waals surface area contributed by atoms with Crippen LogP contribution in [0.5, 0.6) is 0 Å². The van der Waals surface area contributed by atoms with Crippen LogP contribution in [0.3, 0.4) is 0 Å². The van der Waals surface area contributed by atoms with Crippen molar-refractivity contribution < 1.29 is 4.74 Å². The van der Waals surface area contributed by atoms with E-state index >= 15 is 0 Å². The van der Waals surface area contributed by atoms with Gasteiger partial charge < -0.3 is 10.1 Å². The molecule has 1 unspecified atom stereocenters. The van der Waals surface area contributed by atoms with Crippen LogP contribution in [0, 0.1) is 12.3 Å². The second-order valence-electron chi connectivity index (χ2n) is 2.72. The minimum Gasteiger partial charge on any atom is -0.380 e.